The number of ether oxygens (including phenoxy) is 1. The molecule has 16 heavy (non-hydrogen) atoms. The van der Waals surface area contributed by atoms with Crippen molar-refractivity contribution >= 4 is 41.0 Å². The van der Waals surface area contributed by atoms with Crippen molar-refractivity contribution in [2.24, 2.45) is 0 Å². The number of imidazole rings is 1. The van der Waals surface area contributed by atoms with E-state index in [9.17, 15) is 4.79 Å². The predicted molar refractivity (Wildman–Crippen MR) is 64.3 cm³/mol. The number of benzene rings is 1. The molecule has 1 aromatic heterocycles. The van der Waals surface area contributed by atoms with E-state index in [1.807, 2.05) is 0 Å². The second kappa shape index (κ2) is 5.18. The van der Waals surface area contributed by atoms with Crippen molar-refractivity contribution in [1.29, 1.82) is 0 Å². The number of rotatable bonds is 2. The smallest absolute Gasteiger partial charge is 0.339 e. The second-order valence-corrected chi connectivity index (χ2v) is 3.32. The van der Waals surface area contributed by atoms with E-state index < -0.39 is 5.97 Å². The first kappa shape index (κ1) is 12.8. The average molecular weight is 261 g/mol. The SMILES string of the molecule is CCOC(=O)c1ccc2nc[nH]c2c1Cl.Cl. The summed E-state index contributed by atoms with van der Waals surface area (Å²) >= 11 is 6.04. The number of aromatic nitrogens is 2. The largest absolute Gasteiger partial charge is 0.462 e. The molecule has 0 bridgehead atoms. The fraction of sp³-hybridized carbons (Fsp3) is 0.200. The monoisotopic (exact) mass is 260 g/mol. The summed E-state index contributed by atoms with van der Waals surface area (Å²) < 4.78 is 4.88. The number of carbonyl (C=O) groups excluding carboxylic acids is 1. The van der Waals surface area contributed by atoms with Crippen LogP contribution in [0, 0.1) is 0 Å². The van der Waals surface area contributed by atoms with Gasteiger partial charge in [0, 0.05) is 0 Å². The molecular weight excluding hydrogens is 251 g/mol. The quantitative estimate of drug-likeness (QED) is 0.845. The Kier molecular flexibility index (Phi) is 4.15. The molecule has 1 aromatic carbocycles. The molecule has 0 saturated heterocycles. The van der Waals surface area contributed by atoms with E-state index >= 15 is 0 Å². The number of esters is 1. The van der Waals surface area contributed by atoms with E-state index in [1.165, 1.54) is 6.33 Å². The number of halogens is 2. The van der Waals surface area contributed by atoms with Gasteiger partial charge >= 0.3 is 5.97 Å². The van der Waals surface area contributed by atoms with E-state index in [0.29, 0.717) is 22.7 Å². The zero-order chi connectivity index (χ0) is 10.8. The molecule has 0 radical (unpaired) electrons. The zero-order valence-corrected chi connectivity index (χ0v) is 10.1. The summed E-state index contributed by atoms with van der Waals surface area (Å²) in [7, 11) is 0. The molecule has 2 aromatic rings. The number of hydrogen-bond acceptors (Lipinski definition) is 3. The van der Waals surface area contributed by atoms with E-state index in [2.05, 4.69) is 9.97 Å². The summed E-state index contributed by atoms with van der Waals surface area (Å²) in [5.74, 6) is -0.418. The molecule has 0 amide bonds. The molecular formula is C10H10Cl2N2O2. The van der Waals surface area contributed by atoms with Crippen LogP contribution < -0.4 is 0 Å². The summed E-state index contributed by atoms with van der Waals surface area (Å²) in [5, 5.41) is 0.350. The fourth-order valence-electron chi connectivity index (χ4n) is 1.34. The molecule has 0 aliphatic rings. The fourth-order valence-corrected chi connectivity index (χ4v) is 1.64. The molecule has 0 aliphatic carbocycles. The van der Waals surface area contributed by atoms with E-state index in [4.69, 9.17) is 16.3 Å². The summed E-state index contributed by atoms with van der Waals surface area (Å²) in [4.78, 5) is 18.4. The first-order valence-electron chi connectivity index (χ1n) is 4.52. The Balaban J connectivity index is 0.00000128. The zero-order valence-electron chi connectivity index (χ0n) is 8.49. The number of nitrogens with zero attached hydrogens (tertiary/aromatic N) is 1. The molecule has 0 atom stereocenters. The van der Waals surface area contributed by atoms with Crippen LogP contribution in [-0.2, 0) is 4.74 Å². The minimum atomic E-state index is -0.418. The van der Waals surface area contributed by atoms with Gasteiger partial charge in [0.05, 0.1) is 34.6 Å². The van der Waals surface area contributed by atoms with Crippen LogP contribution in [0.4, 0.5) is 0 Å². The number of aromatic amines is 1. The van der Waals surface area contributed by atoms with Gasteiger partial charge in [-0.2, -0.15) is 0 Å². The van der Waals surface area contributed by atoms with E-state index in [-0.39, 0.29) is 12.4 Å². The highest BCUT2D eigenvalue weighted by Gasteiger charge is 2.14. The summed E-state index contributed by atoms with van der Waals surface area (Å²) in [5.41, 5.74) is 1.74. The lowest BCUT2D eigenvalue weighted by Gasteiger charge is -2.03. The van der Waals surface area contributed by atoms with Crippen molar-refractivity contribution in [2.45, 2.75) is 6.92 Å². The minimum absolute atomic E-state index is 0. The molecule has 2 rings (SSSR count). The van der Waals surface area contributed by atoms with Gasteiger partial charge in [0.25, 0.3) is 0 Å². The lowest BCUT2D eigenvalue weighted by atomic mass is 10.2. The maximum atomic E-state index is 11.5. The molecule has 0 spiro atoms. The third-order valence-electron chi connectivity index (χ3n) is 2.03. The minimum Gasteiger partial charge on any atom is -0.462 e. The third kappa shape index (κ3) is 2.13. The molecule has 6 heteroatoms. The van der Waals surface area contributed by atoms with Crippen LogP contribution in [0.3, 0.4) is 0 Å². The van der Waals surface area contributed by atoms with Crippen LogP contribution in [0.2, 0.25) is 5.02 Å². The average Bonchev–Trinajstić information content (AvgIpc) is 2.67. The van der Waals surface area contributed by atoms with Crippen LogP contribution in [0.1, 0.15) is 17.3 Å². The first-order valence-corrected chi connectivity index (χ1v) is 4.90. The van der Waals surface area contributed by atoms with Gasteiger partial charge in [-0.05, 0) is 19.1 Å². The molecule has 1 heterocycles. The van der Waals surface area contributed by atoms with Gasteiger partial charge in [-0.3, -0.25) is 0 Å². The first-order chi connectivity index (χ1) is 7.24. The van der Waals surface area contributed by atoms with Crippen molar-refractivity contribution in [1.82, 2.24) is 9.97 Å². The van der Waals surface area contributed by atoms with Crippen molar-refractivity contribution in [2.75, 3.05) is 6.61 Å². The van der Waals surface area contributed by atoms with Crippen molar-refractivity contribution in [3.63, 3.8) is 0 Å². The number of nitrogens with one attached hydrogen (secondary N) is 1. The maximum Gasteiger partial charge on any atom is 0.339 e. The van der Waals surface area contributed by atoms with Gasteiger partial charge in [0.1, 0.15) is 0 Å². The van der Waals surface area contributed by atoms with Gasteiger partial charge in [-0.1, -0.05) is 11.6 Å². The van der Waals surface area contributed by atoms with Crippen molar-refractivity contribution in [3.05, 3.63) is 29.0 Å². The molecule has 4 nitrogen and oxygen atoms in total. The third-order valence-corrected chi connectivity index (χ3v) is 2.42. The number of hydrogen-bond donors (Lipinski definition) is 1. The summed E-state index contributed by atoms with van der Waals surface area (Å²) in [6, 6.07) is 3.34. The van der Waals surface area contributed by atoms with Crippen molar-refractivity contribution < 1.29 is 9.53 Å². The Bertz CT molecular complexity index is 510. The molecule has 0 fully saturated rings. The van der Waals surface area contributed by atoms with E-state index in [0.717, 1.165) is 5.52 Å². The van der Waals surface area contributed by atoms with Gasteiger partial charge in [-0.15, -0.1) is 12.4 Å². The molecule has 1 N–H and O–H groups in total. The van der Waals surface area contributed by atoms with Crippen LogP contribution in [0.15, 0.2) is 18.5 Å². The lowest BCUT2D eigenvalue weighted by molar-refractivity contribution is 0.0527. The van der Waals surface area contributed by atoms with E-state index in [1.54, 1.807) is 19.1 Å². The Morgan fingerprint density at radius 3 is 3.00 bits per heavy atom. The summed E-state index contributed by atoms with van der Waals surface area (Å²) in [6.45, 7) is 2.08. The number of fused-ring (bicyclic) bond motifs is 1. The standard InChI is InChI=1S/C10H9ClN2O2.ClH/c1-2-15-10(14)6-3-4-7-9(8(6)11)13-5-12-7;/h3-5H,2H2,1H3,(H,12,13);1H. The van der Waals surface area contributed by atoms with Gasteiger partial charge in [-0.25, -0.2) is 9.78 Å². The Morgan fingerprint density at radius 1 is 1.56 bits per heavy atom. The highest BCUT2D eigenvalue weighted by Crippen LogP contribution is 2.25. The Hall–Kier alpha value is -1.26. The molecule has 0 unspecified atom stereocenters. The molecule has 0 aliphatic heterocycles. The Morgan fingerprint density at radius 2 is 2.31 bits per heavy atom. The normalized spacial score (nSPS) is 9.88. The highest BCUT2D eigenvalue weighted by atomic mass is 35.5. The Labute approximate surface area is 103 Å². The summed E-state index contributed by atoms with van der Waals surface area (Å²) in [6.07, 6.45) is 1.53. The van der Waals surface area contributed by atoms with Gasteiger partial charge in [0.15, 0.2) is 0 Å². The van der Waals surface area contributed by atoms with Crippen LogP contribution in [0.5, 0.6) is 0 Å². The van der Waals surface area contributed by atoms with Gasteiger partial charge in [0.2, 0.25) is 0 Å². The van der Waals surface area contributed by atoms with Gasteiger partial charge < -0.3 is 9.72 Å². The maximum absolute atomic E-state index is 11.5. The predicted octanol–water partition coefficient (Wildman–Crippen LogP) is 2.81. The lowest BCUT2D eigenvalue weighted by Crippen LogP contribution is -2.05. The second-order valence-electron chi connectivity index (χ2n) is 2.94. The van der Waals surface area contributed by atoms with Crippen LogP contribution in [-0.4, -0.2) is 22.5 Å². The number of carbonyl (C=O) groups is 1. The van der Waals surface area contributed by atoms with Crippen molar-refractivity contribution in [3.8, 4) is 0 Å². The molecule has 86 valence electrons. The highest BCUT2D eigenvalue weighted by molar-refractivity contribution is 6.37. The van der Waals surface area contributed by atoms with Crippen LogP contribution in [0.25, 0.3) is 11.0 Å². The number of H-pyrrole nitrogens is 1. The molecule has 0 saturated carbocycles. The topological polar surface area (TPSA) is 55.0 Å². The van der Waals surface area contributed by atoms with Crippen LogP contribution >= 0.6 is 24.0 Å².